The van der Waals surface area contributed by atoms with Crippen LogP contribution in [0.25, 0.3) is 11.1 Å². The van der Waals surface area contributed by atoms with Crippen LogP contribution in [0.1, 0.15) is 71.9 Å². The molecule has 3 aromatic rings. The number of carboxylic acids is 1. The predicted octanol–water partition coefficient (Wildman–Crippen LogP) is 4.41. The normalized spacial score (nSPS) is 10.9. The average Bonchev–Trinajstić information content (AvgIpc) is 3.15. The molecule has 0 saturated heterocycles. The summed E-state index contributed by atoms with van der Waals surface area (Å²) in [7, 11) is 0. The number of Topliss-reactive ketones (excluding diaryl/α,β-unsaturated/α-hetero) is 1. The van der Waals surface area contributed by atoms with E-state index in [4.69, 9.17) is 0 Å². The van der Waals surface area contributed by atoms with Gasteiger partial charge in [-0.2, -0.15) is 0 Å². The van der Waals surface area contributed by atoms with Crippen molar-refractivity contribution in [2.75, 3.05) is 0 Å². The lowest BCUT2D eigenvalue weighted by atomic mass is 10.00. The molecule has 0 unspecified atom stereocenters. The van der Waals surface area contributed by atoms with E-state index in [1.54, 1.807) is 6.20 Å². The lowest BCUT2D eigenvalue weighted by Gasteiger charge is -2.08. The Morgan fingerprint density at radius 2 is 1.83 bits per heavy atom. The molecule has 0 fully saturated rings. The molecule has 0 aliphatic rings. The molecule has 1 N–H and O–H groups in total. The van der Waals surface area contributed by atoms with Crippen LogP contribution in [0.4, 0.5) is 0 Å². The van der Waals surface area contributed by atoms with Crippen LogP contribution in [0.2, 0.25) is 0 Å². The average molecular weight is 406 g/mol. The highest BCUT2D eigenvalue weighted by Crippen LogP contribution is 2.24. The summed E-state index contributed by atoms with van der Waals surface area (Å²) < 4.78 is 1.84. The van der Waals surface area contributed by atoms with Crippen molar-refractivity contribution in [2.45, 2.75) is 52.5 Å². The van der Waals surface area contributed by atoms with Gasteiger partial charge in [0.1, 0.15) is 5.82 Å². The molecule has 7 heteroatoms. The van der Waals surface area contributed by atoms with Crippen molar-refractivity contribution >= 4 is 11.8 Å². The zero-order valence-corrected chi connectivity index (χ0v) is 17.3. The van der Waals surface area contributed by atoms with Gasteiger partial charge >= 0.3 is 5.97 Å². The number of rotatable bonds is 10. The van der Waals surface area contributed by atoms with Crippen LogP contribution in [-0.2, 0) is 13.0 Å². The van der Waals surface area contributed by atoms with Gasteiger partial charge in [-0.15, -0.1) is 5.10 Å². The molecular weight excluding hydrogens is 380 g/mol. The fourth-order valence-corrected chi connectivity index (χ4v) is 3.24. The van der Waals surface area contributed by atoms with Gasteiger partial charge in [-0.1, -0.05) is 44.5 Å². The van der Waals surface area contributed by atoms with Gasteiger partial charge in [-0.25, -0.2) is 14.5 Å². The number of aromatic carboxylic acids is 1. The van der Waals surface area contributed by atoms with Crippen molar-refractivity contribution < 1.29 is 14.7 Å². The molecule has 1 aromatic carbocycles. The molecular formula is C23H26N4O3. The molecule has 2 heterocycles. The number of carboxylic acid groups (broad SMARTS) is 1. The summed E-state index contributed by atoms with van der Waals surface area (Å²) in [6, 6.07) is 9.15. The maximum absolute atomic E-state index is 12.2. The lowest BCUT2D eigenvalue weighted by molar-refractivity contribution is 0.0697. The summed E-state index contributed by atoms with van der Waals surface area (Å²) in [6.07, 6.45) is 6.80. The third kappa shape index (κ3) is 4.97. The Labute approximate surface area is 175 Å². The first-order chi connectivity index (χ1) is 14.5. The molecule has 0 atom stereocenters. The number of aromatic nitrogens is 4. The molecule has 30 heavy (non-hydrogen) atoms. The minimum atomic E-state index is -0.982. The van der Waals surface area contributed by atoms with Gasteiger partial charge in [0, 0.05) is 37.3 Å². The van der Waals surface area contributed by atoms with Gasteiger partial charge in [0.15, 0.2) is 0 Å². The van der Waals surface area contributed by atoms with E-state index in [1.807, 2.05) is 35.9 Å². The molecule has 0 saturated carbocycles. The Bertz CT molecular complexity index is 1030. The molecule has 3 rings (SSSR count). The third-order valence-corrected chi connectivity index (χ3v) is 4.88. The number of hydrogen-bond donors (Lipinski definition) is 1. The molecule has 0 bridgehead atoms. The van der Waals surface area contributed by atoms with Gasteiger partial charge in [0.2, 0.25) is 11.6 Å². The van der Waals surface area contributed by atoms with E-state index in [-0.39, 0.29) is 11.3 Å². The van der Waals surface area contributed by atoms with E-state index in [9.17, 15) is 14.7 Å². The molecule has 0 radical (unpaired) electrons. The van der Waals surface area contributed by atoms with Crippen molar-refractivity contribution in [3.63, 3.8) is 0 Å². The zero-order chi connectivity index (χ0) is 21.5. The van der Waals surface area contributed by atoms with Crippen LogP contribution in [0.15, 0.2) is 42.7 Å². The number of aryl methyl sites for hydroxylation is 1. The van der Waals surface area contributed by atoms with Crippen LogP contribution in [0.5, 0.6) is 0 Å². The number of carbonyl (C=O) groups excluding carboxylic acids is 1. The summed E-state index contributed by atoms with van der Waals surface area (Å²) in [5.74, 6) is 0.0520. The molecule has 0 aliphatic carbocycles. The summed E-state index contributed by atoms with van der Waals surface area (Å²) in [5.41, 5.74) is 2.60. The first kappa shape index (κ1) is 21.4. The Morgan fingerprint density at radius 3 is 2.50 bits per heavy atom. The highest BCUT2D eigenvalue weighted by Gasteiger charge is 2.16. The number of unbranched alkanes of at least 4 members (excludes halogenated alkanes) is 1. The minimum Gasteiger partial charge on any atom is -0.478 e. The first-order valence-electron chi connectivity index (χ1n) is 10.3. The number of hydrogen-bond acceptors (Lipinski definition) is 5. The number of carbonyl (C=O) groups is 2. The second-order valence-electron chi connectivity index (χ2n) is 7.20. The second kappa shape index (κ2) is 9.91. The second-order valence-corrected chi connectivity index (χ2v) is 7.20. The Kier molecular flexibility index (Phi) is 7.06. The van der Waals surface area contributed by atoms with E-state index < -0.39 is 5.97 Å². The van der Waals surface area contributed by atoms with Crippen molar-refractivity contribution in [1.82, 2.24) is 19.7 Å². The van der Waals surface area contributed by atoms with Crippen LogP contribution < -0.4 is 0 Å². The number of nitrogens with zero attached hydrogens (tertiary/aromatic N) is 4. The minimum absolute atomic E-state index is 0.0258. The van der Waals surface area contributed by atoms with E-state index in [0.29, 0.717) is 24.2 Å². The topological polar surface area (TPSA) is 98.0 Å². The highest BCUT2D eigenvalue weighted by atomic mass is 16.4. The van der Waals surface area contributed by atoms with Gasteiger partial charge in [0.25, 0.3) is 0 Å². The van der Waals surface area contributed by atoms with Gasteiger partial charge < -0.3 is 5.11 Å². The molecule has 0 spiro atoms. The molecule has 7 nitrogen and oxygen atoms in total. The Balaban J connectivity index is 1.84. The number of benzene rings is 1. The van der Waals surface area contributed by atoms with E-state index in [0.717, 1.165) is 42.8 Å². The maximum Gasteiger partial charge on any atom is 0.336 e. The monoisotopic (exact) mass is 406 g/mol. The van der Waals surface area contributed by atoms with Gasteiger partial charge in [-0.05, 0) is 30.0 Å². The Hall–Kier alpha value is -3.35. The van der Waals surface area contributed by atoms with Crippen LogP contribution >= 0.6 is 0 Å². The molecule has 0 aliphatic heterocycles. The van der Waals surface area contributed by atoms with Gasteiger partial charge in [0.05, 0.1) is 5.56 Å². The summed E-state index contributed by atoms with van der Waals surface area (Å²) in [6.45, 7) is 4.81. The van der Waals surface area contributed by atoms with E-state index in [2.05, 4.69) is 22.0 Å². The van der Waals surface area contributed by atoms with Crippen LogP contribution in [-0.4, -0.2) is 36.6 Å². The SMILES string of the molecule is CCCCn1nc(C(=O)CCC)nc1Cc1ccc(-c2cnccc2C(=O)O)cc1. The zero-order valence-electron chi connectivity index (χ0n) is 17.3. The Morgan fingerprint density at radius 1 is 1.07 bits per heavy atom. The lowest BCUT2D eigenvalue weighted by Crippen LogP contribution is -2.07. The summed E-state index contributed by atoms with van der Waals surface area (Å²) >= 11 is 0. The number of pyridine rings is 1. The largest absolute Gasteiger partial charge is 0.478 e. The summed E-state index contributed by atoms with van der Waals surface area (Å²) in [5, 5.41) is 13.8. The van der Waals surface area contributed by atoms with Crippen LogP contribution in [0, 0.1) is 0 Å². The molecule has 2 aromatic heterocycles. The van der Waals surface area contributed by atoms with Crippen molar-refractivity contribution in [1.29, 1.82) is 0 Å². The van der Waals surface area contributed by atoms with Gasteiger partial charge in [-0.3, -0.25) is 9.78 Å². The highest BCUT2D eigenvalue weighted by molar-refractivity contribution is 5.95. The maximum atomic E-state index is 12.2. The van der Waals surface area contributed by atoms with Crippen molar-refractivity contribution in [3.8, 4) is 11.1 Å². The fraction of sp³-hybridized carbons (Fsp3) is 0.348. The van der Waals surface area contributed by atoms with Crippen LogP contribution in [0.3, 0.4) is 0 Å². The van der Waals surface area contributed by atoms with Crippen molar-refractivity contribution in [2.24, 2.45) is 0 Å². The summed E-state index contributed by atoms with van der Waals surface area (Å²) in [4.78, 5) is 32.3. The molecule has 0 amide bonds. The van der Waals surface area contributed by atoms with E-state index >= 15 is 0 Å². The predicted molar refractivity (Wildman–Crippen MR) is 114 cm³/mol. The standard InChI is InChI=1S/C23H26N4O3/c1-3-5-13-27-21(25-22(26-27)20(28)6-4-2)14-16-7-9-17(10-8-16)19-15-24-12-11-18(19)23(29)30/h7-12,15H,3-6,13-14H2,1-2H3,(H,29,30). The third-order valence-electron chi connectivity index (χ3n) is 4.88. The quantitative estimate of drug-likeness (QED) is 0.501. The van der Waals surface area contributed by atoms with E-state index in [1.165, 1.54) is 12.3 Å². The molecule has 156 valence electrons. The number of ketones is 1. The fourth-order valence-electron chi connectivity index (χ4n) is 3.24. The first-order valence-corrected chi connectivity index (χ1v) is 10.3. The smallest absolute Gasteiger partial charge is 0.336 e. The van der Waals surface area contributed by atoms with Crippen molar-refractivity contribution in [3.05, 3.63) is 65.5 Å².